The summed E-state index contributed by atoms with van der Waals surface area (Å²) in [5.41, 5.74) is 1.17. The van der Waals surface area contributed by atoms with Gasteiger partial charge in [0.25, 0.3) is 0 Å². The fourth-order valence-electron chi connectivity index (χ4n) is 3.59. The van der Waals surface area contributed by atoms with Gasteiger partial charge in [-0.05, 0) is 42.9 Å². The molecular formula is C20H21FN2O5S. The van der Waals surface area contributed by atoms with Crippen LogP contribution in [0.2, 0.25) is 0 Å². The SMILES string of the molecule is CN1CC(S(=O)(=O)c2ccc(-c3ccc(N4C[C@H](CO)OC4=O)cc3F)cc2)C1. The summed E-state index contributed by atoms with van der Waals surface area (Å²) < 4.78 is 44.8. The summed E-state index contributed by atoms with van der Waals surface area (Å²) in [7, 11) is -1.52. The van der Waals surface area contributed by atoms with E-state index < -0.39 is 33.1 Å². The van der Waals surface area contributed by atoms with E-state index in [1.807, 2.05) is 11.9 Å². The summed E-state index contributed by atoms with van der Waals surface area (Å²) in [6, 6.07) is 10.5. The van der Waals surface area contributed by atoms with Crippen LogP contribution in [0, 0.1) is 5.82 Å². The van der Waals surface area contributed by atoms with E-state index in [2.05, 4.69) is 0 Å². The zero-order valence-corrected chi connectivity index (χ0v) is 16.6. The molecule has 2 aliphatic rings. The smallest absolute Gasteiger partial charge is 0.414 e. The van der Waals surface area contributed by atoms with Crippen molar-refractivity contribution in [1.82, 2.24) is 4.90 Å². The molecule has 1 atom stereocenters. The Hall–Kier alpha value is -2.49. The van der Waals surface area contributed by atoms with Gasteiger partial charge in [-0.2, -0.15) is 0 Å². The second-order valence-corrected chi connectivity index (χ2v) is 9.60. The maximum absolute atomic E-state index is 14.7. The molecule has 154 valence electrons. The number of carbonyl (C=O) groups is 1. The number of amides is 1. The molecular weight excluding hydrogens is 399 g/mol. The number of halogens is 1. The van der Waals surface area contributed by atoms with Gasteiger partial charge in [0.05, 0.1) is 29.0 Å². The highest BCUT2D eigenvalue weighted by molar-refractivity contribution is 7.92. The van der Waals surface area contributed by atoms with Crippen LogP contribution >= 0.6 is 0 Å². The van der Waals surface area contributed by atoms with Crippen LogP contribution < -0.4 is 4.90 Å². The molecule has 0 bridgehead atoms. The minimum atomic E-state index is -3.39. The van der Waals surface area contributed by atoms with Crippen LogP contribution in [0.3, 0.4) is 0 Å². The van der Waals surface area contributed by atoms with E-state index >= 15 is 0 Å². The summed E-state index contributed by atoms with van der Waals surface area (Å²) in [6.45, 7) is 0.874. The van der Waals surface area contributed by atoms with Gasteiger partial charge in [0.2, 0.25) is 0 Å². The third-order valence-electron chi connectivity index (χ3n) is 5.31. The number of nitrogens with zero attached hydrogens (tertiary/aromatic N) is 2. The number of rotatable bonds is 5. The molecule has 2 aromatic carbocycles. The van der Waals surface area contributed by atoms with E-state index in [4.69, 9.17) is 9.84 Å². The first-order valence-electron chi connectivity index (χ1n) is 9.21. The number of carbonyl (C=O) groups excluding carboxylic acids is 1. The Labute approximate surface area is 168 Å². The molecule has 0 radical (unpaired) electrons. The summed E-state index contributed by atoms with van der Waals surface area (Å²) in [4.78, 5) is 15.3. The fourth-order valence-corrected chi connectivity index (χ4v) is 5.39. The normalized spacial score (nSPS) is 20.6. The van der Waals surface area contributed by atoms with Crippen molar-refractivity contribution in [3.05, 3.63) is 48.3 Å². The van der Waals surface area contributed by atoms with E-state index in [1.165, 1.54) is 29.2 Å². The zero-order chi connectivity index (χ0) is 20.8. The molecule has 4 rings (SSSR count). The molecule has 29 heavy (non-hydrogen) atoms. The van der Waals surface area contributed by atoms with Crippen molar-refractivity contribution in [3.63, 3.8) is 0 Å². The molecule has 1 N–H and O–H groups in total. The second-order valence-electron chi connectivity index (χ2n) is 7.38. The summed E-state index contributed by atoms with van der Waals surface area (Å²) in [5.74, 6) is -0.543. The molecule has 1 amide bonds. The summed E-state index contributed by atoms with van der Waals surface area (Å²) >= 11 is 0. The quantitative estimate of drug-likeness (QED) is 0.795. The molecule has 0 aromatic heterocycles. The Morgan fingerprint density at radius 1 is 1.14 bits per heavy atom. The van der Waals surface area contributed by atoms with Crippen molar-refractivity contribution >= 4 is 21.6 Å². The number of sulfone groups is 1. The zero-order valence-electron chi connectivity index (χ0n) is 15.8. The van der Waals surface area contributed by atoms with Gasteiger partial charge >= 0.3 is 6.09 Å². The molecule has 7 nitrogen and oxygen atoms in total. The van der Waals surface area contributed by atoms with Crippen LogP contribution in [0.4, 0.5) is 14.9 Å². The molecule has 0 unspecified atom stereocenters. The number of hydrogen-bond donors (Lipinski definition) is 1. The van der Waals surface area contributed by atoms with Crippen LogP contribution in [0.5, 0.6) is 0 Å². The Bertz CT molecular complexity index is 1040. The lowest BCUT2D eigenvalue weighted by atomic mass is 10.0. The number of hydrogen-bond acceptors (Lipinski definition) is 6. The predicted octanol–water partition coefficient (Wildman–Crippen LogP) is 1.90. The molecule has 2 heterocycles. The first kappa shape index (κ1) is 19.8. The van der Waals surface area contributed by atoms with E-state index in [-0.39, 0.29) is 18.0 Å². The molecule has 9 heteroatoms. The predicted molar refractivity (Wildman–Crippen MR) is 105 cm³/mol. The van der Waals surface area contributed by atoms with E-state index in [9.17, 15) is 17.6 Å². The van der Waals surface area contributed by atoms with Gasteiger partial charge in [-0.15, -0.1) is 0 Å². The number of likely N-dealkylation sites (tertiary alicyclic amines) is 1. The van der Waals surface area contributed by atoms with Gasteiger partial charge in [0.1, 0.15) is 11.9 Å². The van der Waals surface area contributed by atoms with Crippen LogP contribution in [0.1, 0.15) is 0 Å². The van der Waals surface area contributed by atoms with Gasteiger partial charge in [0, 0.05) is 18.7 Å². The van der Waals surface area contributed by atoms with Crippen molar-refractivity contribution in [1.29, 1.82) is 0 Å². The third-order valence-corrected chi connectivity index (χ3v) is 7.41. The average molecular weight is 420 g/mol. The number of ether oxygens (including phenoxy) is 1. The van der Waals surface area contributed by atoms with Crippen molar-refractivity contribution in [2.24, 2.45) is 0 Å². The lowest BCUT2D eigenvalue weighted by Crippen LogP contribution is -2.52. The van der Waals surface area contributed by atoms with Crippen molar-refractivity contribution in [2.45, 2.75) is 16.2 Å². The Balaban J connectivity index is 1.55. The Kier molecular flexibility index (Phi) is 5.05. The van der Waals surface area contributed by atoms with Crippen LogP contribution in [0.25, 0.3) is 11.1 Å². The Morgan fingerprint density at radius 2 is 1.83 bits per heavy atom. The molecule has 2 aromatic rings. The number of aliphatic hydroxyl groups is 1. The number of anilines is 1. The first-order chi connectivity index (χ1) is 13.8. The second kappa shape index (κ2) is 7.40. The van der Waals surface area contributed by atoms with Gasteiger partial charge in [0.15, 0.2) is 9.84 Å². The van der Waals surface area contributed by atoms with Crippen molar-refractivity contribution in [2.75, 3.05) is 38.2 Å². The minimum Gasteiger partial charge on any atom is -0.441 e. The monoisotopic (exact) mass is 420 g/mol. The summed E-state index contributed by atoms with van der Waals surface area (Å²) in [6.07, 6.45) is -1.26. The molecule has 2 fully saturated rings. The highest BCUT2D eigenvalue weighted by Gasteiger charge is 2.36. The first-order valence-corrected chi connectivity index (χ1v) is 10.8. The maximum Gasteiger partial charge on any atom is 0.414 e. The highest BCUT2D eigenvalue weighted by Crippen LogP contribution is 2.30. The summed E-state index contributed by atoms with van der Waals surface area (Å²) in [5, 5.41) is 8.71. The van der Waals surface area contributed by atoms with Crippen LogP contribution in [0.15, 0.2) is 47.4 Å². The number of aliphatic hydroxyl groups excluding tert-OH is 1. The molecule has 2 saturated heterocycles. The van der Waals surface area contributed by atoms with Gasteiger partial charge in [-0.3, -0.25) is 4.90 Å². The van der Waals surface area contributed by atoms with Crippen LogP contribution in [-0.4, -0.2) is 69.2 Å². The van der Waals surface area contributed by atoms with Gasteiger partial charge in [-0.1, -0.05) is 12.1 Å². The lowest BCUT2D eigenvalue weighted by Gasteiger charge is -2.35. The lowest BCUT2D eigenvalue weighted by molar-refractivity contribution is 0.0963. The standard InChI is InChI=1S/C20H21FN2O5S/c1-22-10-17(11-22)29(26,27)16-5-2-13(3-6-16)18-7-4-14(8-19(18)21)23-9-15(12-24)28-20(23)25/h2-8,15,17,24H,9-12H2,1H3/t15-/m1/s1. The maximum atomic E-state index is 14.7. The highest BCUT2D eigenvalue weighted by atomic mass is 32.2. The van der Waals surface area contributed by atoms with E-state index in [1.54, 1.807) is 18.2 Å². The Morgan fingerprint density at radius 3 is 2.38 bits per heavy atom. The van der Waals surface area contributed by atoms with Gasteiger partial charge in [-0.25, -0.2) is 17.6 Å². The number of benzene rings is 2. The van der Waals surface area contributed by atoms with E-state index in [0.717, 1.165) is 0 Å². The van der Waals surface area contributed by atoms with Crippen molar-refractivity contribution in [3.8, 4) is 11.1 Å². The topological polar surface area (TPSA) is 87.2 Å². The largest absolute Gasteiger partial charge is 0.441 e. The molecule has 2 aliphatic heterocycles. The van der Waals surface area contributed by atoms with Crippen LogP contribution in [-0.2, 0) is 14.6 Å². The number of cyclic esters (lactones) is 1. The molecule has 0 aliphatic carbocycles. The van der Waals surface area contributed by atoms with Crippen molar-refractivity contribution < 1.29 is 27.4 Å². The average Bonchev–Trinajstić information content (AvgIpc) is 3.06. The molecule has 0 saturated carbocycles. The van der Waals surface area contributed by atoms with E-state index in [0.29, 0.717) is 29.9 Å². The molecule has 0 spiro atoms. The fraction of sp³-hybridized carbons (Fsp3) is 0.350. The third kappa shape index (κ3) is 3.61. The minimum absolute atomic E-state index is 0.150. The van der Waals surface area contributed by atoms with Gasteiger partial charge < -0.3 is 14.7 Å².